The molecule has 0 unspecified atom stereocenters. The molecule has 3 aromatic rings. The second-order valence-electron chi connectivity index (χ2n) is 6.41. The molecule has 28 heavy (non-hydrogen) atoms. The van der Waals surface area contributed by atoms with Crippen molar-refractivity contribution in [3.8, 4) is 0 Å². The van der Waals surface area contributed by atoms with E-state index in [0.717, 1.165) is 16.0 Å². The number of aromatic nitrogens is 3. The first-order valence-electron chi connectivity index (χ1n) is 8.50. The third-order valence-electron chi connectivity index (χ3n) is 4.62. The third kappa shape index (κ3) is 3.61. The van der Waals surface area contributed by atoms with E-state index in [0.29, 0.717) is 21.4 Å². The van der Waals surface area contributed by atoms with Gasteiger partial charge in [-0.1, -0.05) is 29.3 Å². The van der Waals surface area contributed by atoms with E-state index >= 15 is 0 Å². The van der Waals surface area contributed by atoms with Crippen molar-refractivity contribution in [1.29, 1.82) is 0 Å². The van der Waals surface area contributed by atoms with Gasteiger partial charge >= 0.3 is 0 Å². The van der Waals surface area contributed by atoms with Crippen molar-refractivity contribution in [2.75, 3.05) is 6.61 Å². The van der Waals surface area contributed by atoms with Gasteiger partial charge in [0.1, 0.15) is 35.3 Å². The van der Waals surface area contributed by atoms with Crippen LogP contribution in [0.5, 0.6) is 0 Å². The van der Waals surface area contributed by atoms with Crippen molar-refractivity contribution in [2.24, 2.45) is 0 Å². The second kappa shape index (κ2) is 8.16. The Morgan fingerprint density at radius 2 is 1.93 bits per heavy atom. The van der Waals surface area contributed by atoms with E-state index in [-0.39, 0.29) is 6.61 Å². The van der Waals surface area contributed by atoms with Crippen molar-refractivity contribution in [1.82, 2.24) is 14.5 Å². The number of aliphatic hydroxyl groups excluding tert-OH is 3. The van der Waals surface area contributed by atoms with Gasteiger partial charge in [0.2, 0.25) is 0 Å². The molecule has 4 atom stereocenters. The summed E-state index contributed by atoms with van der Waals surface area (Å²) in [5, 5.41) is 32.1. The van der Waals surface area contributed by atoms with Crippen LogP contribution in [0.1, 0.15) is 11.8 Å². The van der Waals surface area contributed by atoms with Gasteiger partial charge in [-0.3, -0.25) is 0 Å². The maximum atomic E-state index is 10.3. The zero-order chi connectivity index (χ0) is 19.8. The Labute approximate surface area is 174 Å². The standard InChI is InChI=1S/C18H17Cl2N3O4S/c19-11-2-1-9(5-12(11)20)7-28-17-10-3-4-23(16(10)21-8-22-17)18-15(26)14(25)13(6-24)27-18/h1-5,8,13-15,18,24-26H,6-7H2/t13-,14-,15-,18-/m1/s1. The van der Waals surface area contributed by atoms with Gasteiger partial charge in [0.25, 0.3) is 0 Å². The third-order valence-corrected chi connectivity index (χ3v) is 6.44. The van der Waals surface area contributed by atoms with Gasteiger partial charge in [0.15, 0.2) is 6.23 Å². The van der Waals surface area contributed by atoms with Crippen LogP contribution in [0.15, 0.2) is 41.8 Å². The molecule has 0 amide bonds. The van der Waals surface area contributed by atoms with Gasteiger partial charge in [0.05, 0.1) is 22.0 Å². The molecule has 7 nitrogen and oxygen atoms in total. The first-order valence-corrected chi connectivity index (χ1v) is 10.2. The molecule has 0 aliphatic carbocycles. The van der Waals surface area contributed by atoms with Gasteiger partial charge in [-0.15, -0.1) is 11.8 Å². The minimum absolute atomic E-state index is 0.381. The first kappa shape index (κ1) is 19.9. The quantitative estimate of drug-likeness (QED) is 0.413. The molecule has 0 bridgehead atoms. The highest BCUT2D eigenvalue weighted by Crippen LogP contribution is 2.35. The minimum atomic E-state index is -1.17. The van der Waals surface area contributed by atoms with Crippen LogP contribution in [0.2, 0.25) is 10.0 Å². The van der Waals surface area contributed by atoms with Crippen LogP contribution in [0.3, 0.4) is 0 Å². The maximum absolute atomic E-state index is 10.3. The Morgan fingerprint density at radius 3 is 2.64 bits per heavy atom. The van der Waals surface area contributed by atoms with Crippen LogP contribution in [0, 0.1) is 0 Å². The van der Waals surface area contributed by atoms with E-state index in [1.165, 1.54) is 18.1 Å². The Morgan fingerprint density at radius 1 is 1.11 bits per heavy atom. The summed E-state index contributed by atoms with van der Waals surface area (Å²) in [7, 11) is 0. The molecule has 0 spiro atoms. The molecule has 1 aromatic carbocycles. The lowest BCUT2D eigenvalue weighted by Gasteiger charge is -2.17. The van der Waals surface area contributed by atoms with Crippen LogP contribution >= 0.6 is 35.0 Å². The van der Waals surface area contributed by atoms with Crippen LogP contribution in [0.25, 0.3) is 11.0 Å². The molecule has 1 fully saturated rings. The summed E-state index contributed by atoms with van der Waals surface area (Å²) >= 11 is 13.5. The van der Waals surface area contributed by atoms with Gasteiger partial charge < -0.3 is 24.6 Å². The average molecular weight is 442 g/mol. The summed E-state index contributed by atoms with van der Waals surface area (Å²) in [6.45, 7) is -0.381. The van der Waals surface area contributed by atoms with Gasteiger partial charge in [0, 0.05) is 11.9 Å². The van der Waals surface area contributed by atoms with E-state index in [9.17, 15) is 15.3 Å². The zero-order valence-electron chi connectivity index (χ0n) is 14.4. The molecule has 2 aromatic heterocycles. The highest BCUT2D eigenvalue weighted by molar-refractivity contribution is 7.98. The largest absolute Gasteiger partial charge is 0.394 e. The topological polar surface area (TPSA) is 101 Å². The number of rotatable bonds is 5. The molecule has 0 radical (unpaired) electrons. The van der Waals surface area contributed by atoms with E-state index in [2.05, 4.69) is 9.97 Å². The summed E-state index contributed by atoms with van der Waals surface area (Å²) in [5.41, 5.74) is 1.58. The number of nitrogens with zero attached hydrogens (tertiary/aromatic N) is 3. The highest BCUT2D eigenvalue weighted by Gasteiger charge is 2.43. The summed E-state index contributed by atoms with van der Waals surface area (Å²) in [6, 6.07) is 7.32. The summed E-state index contributed by atoms with van der Waals surface area (Å²) in [4.78, 5) is 8.66. The number of halogens is 2. The summed E-state index contributed by atoms with van der Waals surface area (Å²) < 4.78 is 7.24. The number of thioether (sulfide) groups is 1. The van der Waals surface area contributed by atoms with E-state index in [1.54, 1.807) is 16.8 Å². The lowest BCUT2D eigenvalue weighted by atomic mass is 10.1. The molecule has 3 heterocycles. The van der Waals surface area contributed by atoms with Gasteiger partial charge in [-0.2, -0.15) is 0 Å². The number of benzene rings is 1. The Balaban J connectivity index is 1.59. The summed E-state index contributed by atoms with van der Waals surface area (Å²) in [6.07, 6.45) is -0.858. The molecule has 4 rings (SSSR count). The van der Waals surface area contributed by atoms with Gasteiger partial charge in [-0.05, 0) is 23.8 Å². The molecular formula is C18H17Cl2N3O4S. The highest BCUT2D eigenvalue weighted by atomic mass is 35.5. The molecule has 148 valence electrons. The molecule has 10 heteroatoms. The van der Waals surface area contributed by atoms with Crippen molar-refractivity contribution in [3.63, 3.8) is 0 Å². The van der Waals surface area contributed by atoms with Gasteiger partial charge in [-0.25, -0.2) is 9.97 Å². The van der Waals surface area contributed by atoms with Crippen LogP contribution < -0.4 is 0 Å². The molecule has 1 aliphatic rings. The Kier molecular flexibility index (Phi) is 5.80. The maximum Gasteiger partial charge on any atom is 0.164 e. The monoisotopic (exact) mass is 441 g/mol. The Bertz CT molecular complexity index is 1000. The van der Waals surface area contributed by atoms with Crippen molar-refractivity contribution in [2.45, 2.75) is 35.3 Å². The van der Waals surface area contributed by atoms with E-state index in [4.69, 9.17) is 27.9 Å². The first-order chi connectivity index (χ1) is 13.5. The molecule has 0 saturated carbocycles. The minimum Gasteiger partial charge on any atom is -0.394 e. The number of hydrogen-bond acceptors (Lipinski definition) is 7. The van der Waals surface area contributed by atoms with E-state index in [1.807, 2.05) is 18.2 Å². The molecule has 3 N–H and O–H groups in total. The zero-order valence-corrected chi connectivity index (χ0v) is 16.8. The SMILES string of the molecule is OC[C@H]1O[C@@H](n2ccc3c(SCc4ccc(Cl)c(Cl)c4)ncnc32)[C@H](O)[C@@H]1O. The molecular weight excluding hydrogens is 425 g/mol. The average Bonchev–Trinajstić information content (AvgIpc) is 3.24. The molecule has 1 saturated heterocycles. The lowest BCUT2D eigenvalue weighted by Crippen LogP contribution is -2.33. The van der Waals surface area contributed by atoms with E-state index < -0.39 is 24.5 Å². The normalized spacial score (nSPS) is 24.9. The van der Waals surface area contributed by atoms with Crippen molar-refractivity contribution < 1.29 is 20.1 Å². The predicted molar refractivity (Wildman–Crippen MR) is 107 cm³/mol. The fourth-order valence-electron chi connectivity index (χ4n) is 3.16. The lowest BCUT2D eigenvalue weighted by molar-refractivity contribution is -0.0508. The fourth-order valence-corrected chi connectivity index (χ4v) is 4.40. The summed E-state index contributed by atoms with van der Waals surface area (Å²) in [5.74, 6) is 0.641. The van der Waals surface area contributed by atoms with Crippen LogP contribution in [0.4, 0.5) is 0 Å². The number of hydrogen-bond donors (Lipinski definition) is 3. The predicted octanol–water partition coefficient (Wildman–Crippen LogP) is 2.64. The fraction of sp³-hybridized carbons (Fsp3) is 0.333. The van der Waals surface area contributed by atoms with Crippen molar-refractivity contribution >= 4 is 46.0 Å². The smallest absolute Gasteiger partial charge is 0.164 e. The number of aliphatic hydroxyl groups is 3. The van der Waals surface area contributed by atoms with Crippen molar-refractivity contribution in [3.05, 3.63) is 52.4 Å². The second-order valence-corrected chi connectivity index (χ2v) is 8.18. The van der Waals surface area contributed by atoms with Crippen LogP contribution in [-0.4, -0.2) is 54.8 Å². The Hall–Kier alpha value is -1.39. The number of ether oxygens (including phenoxy) is 1. The number of fused-ring (bicyclic) bond motifs is 1. The van der Waals surface area contributed by atoms with Crippen LogP contribution in [-0.2, 0) is 10.5 Å². The molecule has 1 aliphatic heterocycles.